The smallest absolute Gasteiger partial charge is 0.203 e. The molecule has 0 unspecified atom stereocenters. The minimum absolute atomic E-state index is 0.103. The van der Waals surface area contributed by atoms with Crippen LogP contribution in [0.2, 0.25) is 0 Å². The Morgan fingerprint density at radius 2 is 1.45 bits per heavy atom. The van der Waals surface area contributed by atoms with Gasteiger partial charge in [0, 0.05) is 40.9 Å². The quantitative estimate of drug-likeness (QED) is 0.413. The van der Waals surface area contributed by atoms with Crippen molar-refractivity contribution in [3.05, 3.63) is 60.2 Å². The summed E-state index contributed by atoms with van der Waals surface area (Å²) in [5, 5.41) is 20.3. The molecule has 1 aromatic heterocycles. The number of phenols is 2. The van der Waals surface area contributed by atoms with Crippen LogP contribution in [0.1, 0.15) is 5.56 Å². The fourth-order valence-corrected chi connectivity index (χ4v) is 3.34. The summed E-state index contributed by atoms with van der Waals surface area (Å²) >= 11 is 0. The molecule has 0 fully saturated rings. The molecule has 0 atom stereocenters. The first-order valence-corrected chi connectivity index (χ1v) is 9.43. The monoisotopic (exact) mass is 419 g/mol. The molecule has 3 aromatic carbocycles. The summed E-state index contributed by atoms with van der Waals surface area (Å²) < 4.78 is 22.2. The van der Waals surface area contributed by atoms with Crippen LogP contribution in [0, 0.1) is 0 Å². The topological polar surface area (TPSA) is 93.7 Å². The van der Waals surface area contributed by atoms with E-state index in [1.165, 1.54) is 0 Å². The molecule has 0 amide bonds. The fraction of sp³-hybridized carbons (Fsp3) is 0.125. The maximum absolute atomic E-state index is 9.84. The number of nitrogens with zero attached hydrogens (tertiary/aromatic N) is 1. The summed E-state index contributed by atoms with van der Waals surface area (Å²) in [4.78, 5) is 4.61. The molecule has 0 bridgehead atoms. The Balaban J connectivity index is 1.85. The molecule has 0 saturated heterocycles. The molecule has 31 heavy (non-hydrogen) atoms. The van der Waals surface area contributed by atoms with E-state index in [4.69, 9.17) is 18.6 Å². The number of benzene rings is 3. The number of furan rings is 1. The number of aliphatic imine (C=N–C) groups is 1. The Kier molecular flexibility index (Phi) is 5.41. The van der Waals surface area contributed by atoms with E-state index in [0.717, 1.165) is 16.5 Å². The van der Waals surface area contributed by atoms with Crippen LogP contribution in [0.3, 0.4) is 0 Å². The molecule has 7 heteroatoms. The number of fused-ring (bicyclic) bond motifs is 1. The predicted molar refractivity (Wildman–Crippen MR) is 118 cm³/mol. The van der Waals surface area contributed by atoms with Crippen molar-refractivity contribution in [1.82, 2.24) is 0 Å². The third-order valence-electron chi connectivity index (χ3n) is 4.83. The highest BCUT2D eigenvalue weighted by atomic mass is 16.5. The van der Waals surface area contributed by atoms with Crippen LogP contribution in [-0.4, -0.2) is 37.8 Å². The first-order chi connectivity index (χ1) is 15.0. The van der Waals surface area contributed by atoms with Crippen molar-refractivity contribution in [3.63, 3.8) is 0 Å². The highest BCUT2D eigenvalue weighted by Gasteiger charge is 2.16. The number of ether oxygens (including phenoxy) is 3. The molecule has 1 heterocycles. The van der Waals surface area contributed by atoms with Crippen LogP contribution in [0.5, 0.6) is 28.7 Å². The van der Waals surface area contributed by atoms with Crippen LogP contribution >= 0.6 is 0 Å². The highest BCUT2D eigenvalue weighted by molar-refractivity contribution is 6.05. The second-order valence-electron chi connectivity index (χ2n) is 6.71. The van der Waals surface area contributed by atoms with Crippen LogP contribution in [0.4, 0.5) is 5.69 Å². The molecule has 2 N–H and O–H groups in total. The molecule has 158 valence electrons. The number of hydrogen-bond acceptors (Lipinski definition) is 7. The molecule has 0 aliphatic carbocycles. The van der Waals surface area contributed by atoms with Crippen LogP contribution in [0.25, 0.3) is 22.3 Å². The standard InChI is InChI=1S/C24H21NO6/c1-28-21-10-15(11-22(29-2)24(21)30-3)25-13-19-18-9-8-17(27)12-20(18)31-23(19)14-4-6-16(26)7-5-14/h4-13,26-27H,1-3H3. The van der Waals surface area contributed by atoms with Crippen molar-refractivity contribution in [3.8, 4) is 40.1 Å². The average Bonchev–Trinajstić information content (AvgIpc) is 3.14. The minimum Gasteiger partial charge on any atom is -0.508 e. The zero-order valence-corrected chi connectivity index (χ0v) is 17.2. The van der Waals surface area contributed by atoms with Gasteiger partial charge in [-0.1, -0.05) is 0 Å². The fourth-order valence-electron chi connectivity index (χ4n) is 3.34. The maximum atomic E-state index is 9.84. The van der Waals surface area contributed by atoms with Gasteiger partial charge in [-0.05, 0) is 36.4 Å². The molecular weight excluding hydrogens is 398 g/mol. The second kappa shape index (κ2) is 8.31. The lowest BCUT2D eigenvalue weighted by atomic mass is 10.1. The van der Waals surface area contributed by atoms with Gasteiger partial charge in [0.2, 0.25) is 5.75 Å². The van der Waals surface area contributed by atoms with E-state index in [0.29, 0.717) is 34.3 Å². The van der Waals surface area contributed by atoms with Gasteiger partial charge in [0.15, 0.2) is 11.5 Å². The van der Waals surface area contributed by atoms with Crippen molar-refractivity contribution in [1.29, 1.82) is 0 Å². The lowest BCUT2D eigenvalue weighted by molar-refractivity contribution is 0.324. The summed E-state index contributed by atoms with van der Waals surface area (Å²) in [6, 6.07) is 15.1. The van der Waals surface area contributed by atoms with E-state index in [9.17, 15) is 10.2 Å². The van der Waals surface area contributed by atoms with E-state index < -0.39 is 0 Å². The Morgan fingerprint density at radius 3 is 2.06 bits per heavy atom. The SMILES string of the molecule is COc1cc(N=Cc2c(-c3ccc(O)cc3)oc3cc(O)ccc23)cc(OC)c1OC. The van der Waals surface area contributed by atoms with E-state index >= 15 is 0 Å². The largest absolute Gasteiger partial charge is 0.508 e. The highest BCUT2D eigenvalue weighted by Crippen LogP contribution is 2.41. The van der Waals surface area contributed by atoms with Gasteiger partial charge < -0.3 is 28.8 Å². The van der Waals surface area contributed by atoms with Crippen LogP contribution in [0.15, 0.2) is 64.0 Å². The number of methoxy groups -OCH3 is 3. The molecule has 0 aliphatic heterocycles. The van der Waals surface area contributed by atoms with E-state index in [-0.39, 0.29) is 11.5 Å². The molecule has 4 aromatic rings. The number of rotatable bonds is 6. The van der Waals surface area contributed by atoms with Crippen LogP contribution in [-0.2, 0) is 0 Å². The first kappa shape index (κ1) is 20.2. The summed E-state index contributed by atoms with van der Waals surface area (Å²) in [5.41, 5.74) is 2.61. The number of hydrogen-bond donors (Lipinski definition) is 2. The van der Waals surface area contributed by atoms with Gasteiger partial charge in [-0.3, -0.25) is 4.99 Å². The number of aromatic hydroxyl groups is 2. The summed E-state index contributed by atoms with van der Waals surface area (Å²) in [6.07, 6.45) is 1.69. The average molecular weight is 419 g/mol. The summed E-state index contributed by atoms with van der Waals surface area (Å²) in [5.74, 6) is 2.30. The molecule has 0 spiro atoms. The van der Waals surface area contributed by atoms with E-state index in [1.807, 2.05) is 0 Å². The summed E-state index contributed by atoms with van der Waals surface area (Å²) in [7, 11) is 4.63. The Labute approximate surface area is 178 Å². The van der Waals surface area contributed by atoms with Gasteiger partial charge in [0.25, 0.3) is 0 Å². The molecule has 0 saturated carbocycles. The Morgan fingerprint density at radius 1 is 0.806 bits per heavy atom. The first-order valence-electron chi connectivity index (χ1n) is 9.43. The van der Waals surface area contributed by atoms with Crippen molar-refractivity contribution in [2.75, 3.05) is 21.3 Å². The zero-order valence-electron chi connectivity index (χ0n) is 17.2. The lowest BCUT2D eigenvalue weighted by Gasteiger charge is -2.12. The van der Waals surface area contributed by atoms with Crippen molar-refractivity contribution >= 4 is 22.9 Å². The third-order valence-corrected chi connectivity index (χ3v) is 4.83. The van der Waals surface area contributed by atoms with Gasteiger partial charge in [-0.25, -0.2) is 0 Å². The zero-order chi connectivity index (χ0) is 22.0. The van der Waals surface area contributed by atoms with Gasteiger partial charge in [0.1, 0.15) is 22.8 Å². The molecule has 0 aliphatic rings. The van der Waals surface area contributed by atoms with Crippen molar-refractivity contribution < 1.29 is 28.8 Å². The molecular formula is C24H21NO6. The molecule has 7 nitrogen and oxygen atoms in total. The molecule has 4 rings (SSSR count). The Bertz CT molecular complexity index is 1230. The normalized spacial score (nSPS) is 11.2. The van der Waals surface area contributed by atoms with Gasteiger partial charge in [-0.15, -0.1) is 0 Å². The minimum atomic E-state index is 0.103. The van der Waals surface area contributed by atoms with E-state index in [2.05, 4.69) is 4.99 Å². The Hall–Kier alpha value is -4.13. The van der Waals surface area contributed by atoms with Gasteiger partial charge >= 0.3 is 0 Å². The predicted octanol–water partition coefficient (Wildman–Crippen LogP) is 5.29. The number of phenolic OH excluding ortho intramolecular Hbond substituents is 2. The van der Waals surface area contributed by atoms with Gasteiger partial charge in [0.05, 0.1) is 27.0 Å². The van der Waals surface area contributed by atoms with Crippen molar-refractivity contribution in [2.24, 2.45) is 4.99 Å². The van der Waals surface area contributed by atoms with Crippen LogP contribution < -0.4 is 14.2 Å². The van der Waals surface area contributed by atoms with Gasteiger partial charge in [-0.2, -0.15) is 0 Å². The third kappa shape index (κ3) is 3.85. The van der Waals surface area contributed by atoms with Crippen molar-refractivity contribution in [2.45, 2.75) is 0 Å². The lowest BCUT2D eigenvalue weighted by Crippen LogP contribution is -1.94. The molecule has 0 radical (unpaired) electrons. The van der Waals surface area contributed by atoms with E-state index in [1.54, 1.807) is 82.1 Å². The maximum Gasteiger partial charge on any atom is 0.203 e. The second-order valence-corrected chi connectivity index (χ2v) is 6.71. The summed E-state index contributed by atoms with van der Waals surface area (Å²) in [6.45, 7) is 0.